The van der Waals surface area contributed by atoms with Crippen molar-refractivity contribution in [2.75, 3.05) is 11.9 Å². The Morgan fingerprint density at radius 3 is 2.81 bits per heavy atom. The van der Waals surface area contributed by atoms with E-state index in [-0.39, 0.29) is 11.6 Å². The van der Waals surface area contributed by atoms with Crippen LogP contribution < -0.4 is 10.1 Å². The average molecular weight is 351 g/mol. The lowest BCUT2D eigenvalue weighted by Gasteiger charge is -2.38. The van der Waals surface area contributed by atoms with E-state index in [1.54, 1.807) is 12.1 Å². The number of carboxylic acids is 1. The van der Waals surface area contributed by atoms with Crippen molar-refractivity contribution in [2.45, 2.75) is 45.1 Å². The van der Waals surface area contributed by atoms with E-state index in [0.29, 0.717) is 24.2 Å². The first-order chi connectivity index (χ1) is 12.6. The maximum Gasteiger partial charge on any atom is 0.335 e. The maximum atomic E-state index is 11.4. The Kier molecular flexibility index (Phi) is 4.35. The summed E-state index contributed by atoms with van der Waals surface area (Å²) in [5, 5.41) is 13.0. The first kappa shape index (κ1) is 17.0. The molecule has 0 saturated heterocycles. The lowest BCUT2D eigenvalue weighted by molar-refractivity contribution is 0.0696. The zero-order valence-electron chi connectivity index (χ0n) is 15.3. The summed E-state index contributed by atoms with van der Waals surface area (Å²) in [5.74, 6) is 0.837. The third kappa shape index (κ3) is 2.83. The van der Waals surface area contributed by atoms with Gasteiger partial charge in [0.2, 0.25) is 0 Å². The second-order valence-corrected chi connectivity index (χ2v) is 7.40. The highest BCUT2D eigenvalue weighted by molar-refractivity contribution is 5.88. The highest BCUT2D eigenvalue weighted by atomic mass is 16.5. The molecule has 4 heteroatoms. The normalized spacial score (nSPS) is 23.7. The van der Waals surface area contributed by atoms with Crippen molar-refractivity contribution < 1.29 is 14.6 Å². The van der Waals surface area contributed by atoms with Crippen LogP contribution in [-0.4, -0.2) is 17.7 Å². The van der Waals surface area contributed by atoms with Crippen molar-refractivity contribution in [2.24, 2.45) is 5.92 Å². The Bertz CT molecular complexity index is 845. The van der Waals surface area contributed by atoms with Gasteiger partial charge >= 0.3 is 5.97 Å². The van der Waals surface area contributed by atoms with Crippen LogP contribution in [0, 0.1) is 12.8 Å². The molecule has 4 rings (SSSR count). The van der Waals surface area contributed by atoms with Gasteiger partial charge in [0.05, 0.1) is 18.2 Å². The number of nitrogens with one attached hydrogen (secondary N) is 1. The minimum Gasteiger partial charge on any atom is -0.493 e. The average Bonchev–Trinajstić information content (AvgIpc) is 3.11. The van der Waals surface area contributed by atoms with Crippen molar-refractivity contribution in [3.8, 4) is 5.75 Å². The molecule has 4 nitrogen and oxygen atoms in total. The lowest BCUT2D eigenvalue weighted by Crippen LogP contribution is -2.29. The molecule has 2 aromatic rings. The fourth-order valence-electron chi connectivity index (χ4n) is 4.68. The van der Waals surface area contributed by atoms with E-state index >= 15 is 0 Å². The highest BCUT2D eigenvalue weighted by Gasteiger charge is 2.41. The van der Waals surface area contributed by atoms with Crippen molar-refractivity contribution in [3.05, 3.63) is 58.7 Å². The fraction of sp³-hybridized carbons (Fsp3) is 0.409. The third-order valence-electron chi connectivity index (χ3n) is 5.81. The van der Waals surface area contributed by atoms with Crippen LogP contribution in [0.1, 0.15) is 65.2 Å². The molecule has 0 bridgehead atoms. The third-order valence-corrected chi connectivity index (χ3v) is 5.81. The summed E-state index contributed by atoms with van der Waals surface area (Å²) < 4.78 is 5.83. The van der Waals surface area contributed by atoms with E-state index < -0.39 is 5.97 Å². The maximum absolute atomic E-state index is 11.4. The van der Waals surface area contributed by atoms with E-state index in [1.165, 1.54) is 36.1 Å². The molecule has 1 saturated carbocycles. The number of rotatable bonds is 4. The summed E-state index contributed by atoms with van der Waals surface area (Å²) in [6.45, 7) is 4.60. The molecule has 26 heavy (non-hydrogen) atoms. The number of carbonyl (C=O) groups is 1. The summed E-state index contributed by atoms with van der Waals surface area (Å²) in [6.07, 6.45) is 3.64. The van der Waals surface area contributed by atoms with E-state index in [2.05, 4.69) is 30.4 Å². The van der Waals surface area contributed by atoms with Crippen molar-refractivity contribution in [3.63, 3.8) is 0 Å². The highest BCUT2D eigenvalue weighted by Crippen LogP contribution is 2.53. The minimum absolute atomic E-state index is 0.155. The van der Waals surface area contributed by atoms with Gasteiger partial charge in [0, 0.05) is 11.3 Å². The SMILES string of the molecule is CCOc1cc(C(=O)O)ccc1[C@@H]1Nc2ccc(C)cc2[C@@H]2CCC[C@@H]21. The zero-order chi connectivity index (χ0) is 18.3. The van der Waals surface area contributed by atoms with Crippen LogP contribution >= 0.6 is 0 Å². The van der Waals surface area contributed by atoms with Crippen molar-refractivity contribution >= 4 is 11.7 Å². The largest absolute Gasteiger partial charge is 0.493 e. The standard InChI is InChI=1S/C22H25NO3/c1-3-26-20-12-14(22(24)25)8-9-17(20)21-16-6-4-5-15(16)18-11-13(2)7-10-19(18)23-21/h7-12,15-16,21,23H,3-6H2,1-2H3,(H,24,25)/t15-,16+,21-/m1/s1. The number of ether oxygens (including phenoxy) is 1. The number of carboxylic acid groups (broad SMARTS) is 1. The number of fused-ring (bicyclic) bond motifs is 3. The zero-order valence-corrected chi connectivity index (χ0v) is 15.3. The molecule has 0 unspecified atom stereocenters. The van der Waals surface area contributed by atoms with Gasteiger partial charge in [-0.1, -0.05) is 30.2 Å². The van der Waals surface area contributed by atoms with Crippen LogP contribution in [0.3, 0.4) is 0 Å². The molecule has 136 valence electrons. The van der Waals surface area contributed by atoms with Gasteiger partial charge in [-0.05, 0) is 62.3 Å². The number of anilines is 1. The van der Waals surface area contributed by atoms with Gasteiger partial charge in [0.25, 0.3) is 0 Å². The fourth-order valence-corrected chi connectivity index (χ4v) is 4.68. The van der Waals surface area contributed by atoms with Crippen LogP contribution in [0.2, 0.25) is 0 Å². The van der Waals surface area contributed by atoms with Crippen LogP contribution in [-0.2, 0) is 0 Å². The molecule has 0 aromatic heterocycles. The minimum atomic E-state index is -0.923. The molecule has 1 aliphatic heterocycles. The molecular formula is C22H25NO3. The number of hydrogen-bond donors (Lipinski definition) is 2. The molecule has 2 N–H and O–H groups in total. The Hall–Kier alpha value is -2.49. The van der Waals surface area contributed by atoms with Gasteiger partial charge in [0.15, 0.2) is 0 Å². The predicted molar refractivity (Wildman–Crippen MR) is 102 cm³/mol. The molecule has 2 aromatic carbocycles. The van der Waals surface area contributed by atoms with Crippen molar-refractivity contribution in [1.82, 2.24) is 0 Å². The number of hydrogen-bond acceptors (Lipinski definition) is 3. The van der Waals surface area contributed by atoms with Gasteiger partial charge in [-0.3, -0.25) is 0 Å². The van der Waals surface area contributed by atoms with Gasteiger partial charge in [-0.25, -0.2) is 4.79 Å². The molecule has 2 aliphatic rings. The summed E-state index contributed by atoms with van der Waals surface area (Å²) in [4.78, 5) is 11.4. The first-order valence-corrected chi connectivity index (χ1v) is 9.45. The molecule has 0 amide bonds. The van der Waals surface area contributed by atoms with E-state index in [4.69, 9.17) is 4.74 Å². The summed E-state index contributed by atoms with van der Waals surface area (Å²) in [6, 6.07) is 12.1. The first-order valence-electron chi connectivity index (χ1n) is 9.45. The predicted octanol–water partition coefficient (Wildman–Crippen LogP) is 5.14. The monoisotopic (exact) mass is 351 g/mol. The molecule has 0 radical (unpaired) electrons. The Morgan fingerprint density at radius 2 is 2.04 bits per heavy atom. The number of benzene rings is 2. The Balaban J connectivity index is 1.78. The van der Waals surface area contributed by atoms with Gasteiger partial charge < -0.3 is 15.2 Å². The summed E-state index contributed by atoms with van der Waals surface area (Å²) >= 11 is 0. The van der Waals surface area contributed by atoms with Crippen molar-refractivity contribution in [1.29, 1.82) is 0 Å². The second-order valence-electron chi connectivity index (χ2n) is 7.40. The van der Waals surface area contributed by atoms with E-state index in [9.17, 15) is 9.90 Å². The molecule has 1 fully saturated rings. The van der Waals surface area contributed by atoms with Gasteiger partial charge in [-0.15, -0.1) is 0 Å². The van der Waals surface area contributed by atoms with Crippen LogP contribution in [0.15, 0.2) is 36.4 Å². The Labute approximate surface area is 154 Å². The number of aromatic carboxylic acids is 1. The molecule has 0 spiro atoms. The van der Waals surface area contributed by atoms with Gasteiger partial charge in [0.1, 0.15) is 5.75 Å². The van der Waals surface area contributed by atoms with E-state index in [1.807, 2.05) is 13.0 Å². The number of aryl methyl sites for hydroxylation is 1. The van der Waals surface area contributed by atoms with E-state index in [0.717, 1.165) is 5.56 Å². The molecule has 1 heterocycles. The summed E-state index contributed by atoms with van der Waals surface area (Å²) in [5.41, 5.74) is 5.28. The second kappa shape index (κ2) is 6.67. The van der Waals surface area contributed by atoms with Crippen LogP contribution in [0.25, 0.3) is 0 Å². The molecular weight excluding hydrogens is 326 g/mol. The smallest absolute Gasteiger partial charge is 0.335 e. The lowest BCUT2D eigenvalue weighted by atomic mass is 9.76. The van der Waals surface area contributed by atoms with Crippen LogP contribution in [0.5, 0.6) is 5.75 Å². The molecule has 3 atom stereocenters. The summed E-state index contributed by atoms with van der Waals surface area (Å²) in [7, 11) is 0. The Morgan fingerprint density at radius 1 is 1.19 bits per heavy atom. The van der Waals surface area contributed by atoms with Crippen LogP contribution in [0.4, 0.5) is 5.69 Å². The quantitative estimate of drug-likeness (QED) is 0.800. The van der Waals surface area contributed by atoms with Gasteiger partial charge in [-0.2, -0.15) is 0 Å². The molecule has 1 aliphatic carbocycles. The topological polar surface area (TPSA) is 58.6 Å².